The van der Waals surface area contributed by atoms with E-state index < -0.39 is 0 Å². The van der Waals surface area contributed by atoms with Gasteiger partial charge in [0.1, 0.15) is 6.29 Å². The molecular formula is C12H15NO2. The van der Waals surface area contributed by atoms with Crippen molar-refractivity contribution in [3.05, 3.63) is 35.9 Å². The van der Waals surface area contributed by atoms with E-state index in [0.29, 0.717) is 12.8 Å². The molecule has 0 aliphatic carbocycles. The molecule has 0 aliphatic rings. The van der Waals surface area contributed by atoms with Crippen LogP contribution in [0.2, 0.25) is 0 Å². The lowest BCUT2D eigenvalue weighted by atomic mass is 9.94. The standard InChI is InChI=1S/C12H15NO2/c1-13-12(15)11(8-5-9-14)10-6-3-2-4-7-10/h2-4,6-7,9,11H,5,8H2,1H3,(H,13,15). The number of benzene rings is 1. The van der Waals surface area contributed by atoms with E-state index in [1.54, 1.807) is 7.05 Å². The van der Waals surface area contributed by atoms with Crippen LogP contribution in [0.1, 0.15) is 24.3 Å². The summed E-state index contributed by atoms with van der Waals surface area (Å²) in [5.41, 5.74) is 0.957. The maximum atomic E-state index is 11.6. The SMILES string of the molecule is CNC(=O)C(CCC=O)c1ccccc1. The molecule has 1 rings (SSSR count). The molecule has 1 aromatic rings. The highest BCUT2D eigenvalue weighted by molar-refractivity contribution is 5.83. The predicted octanol–water partition coefficient (Wildman–Crippen LogP) is 1.50. The van der Waals surface area contributed by atoms with Crippen molar-refractivity contribution in [2.45, 2.75) is 18.8 Å². The van der Waals surface area contributed by atoms with Gasteiger partial charge in [0.2, 0.25) is 5.91 Å². The Hall–Kier alpha value is -1.64. The van der Waals surface area contributed by atoms with Crippen molar-refractivity contribution in [1.29, 1.82) is 0 Å². The van der Waals surface area contributed by atoms with Gasteiger partial charge in [0.25, 0.3) is 0 Å². The first-order valence-corrected chi connectivity index (χ1v) is 4.99. The Morgan fingerprint density at radius 1 is 1.40 bits per heavy atom. The quantitative estimate of drug-likeness (QED) is 0.740. The third kappa shape index (κ3) is 3.20. The van der Waals surface area contributed by atoms with Gasteiger partial charge in [-0.1, -0.05) is 30.3 Å². The Bertz CT molecular complexity index is 322. The van der Waals surface area contributed by atoms with E-state index in [0.717, 1.165) is 11.8 Å². The molecule has 0 radical (unpaired) electrons. The molecule has 15 heavy (non-hydrogen) atoms. The second-order valence-electron chi connectivity index (χ2n) is 3.32. The molecule has 0 bridgehead atoms. The molecule has 80 valence electrons. The summed E-state index contributed by atoms with van der Waals surface area (Å²) in [6.07, 6.45) is 1.82. The lowest BCUT2D eigenvalue weighted by Crippen LogP contribution is -2.25. The molecule has 3 heteroatoms. The van der Waals surface area contributed by atoms with E-state index in [1.165, 1.54) is 0 Å². The van der Waals surface area contributed by atoms with E-state index in [4.69, 9.17) is 0 Å². The molecule has 0 aliphatic heterocycles. The van der Waals surface area contributed by atoms with E-state index in [9.17, 15) is 9.59 Å². The minimum absolute atomic E-state index is 0.0388. The average Bonchev–Trinajstić information content (AvgIpc) is 2.30. The Balaban J connectivity index is 2.81. The molecule has 0 saturated heterocycles. The van der Waals surface area contributed by atoms with Crippen LogP contribution in [0.4, 0.5) is 0 Å². The number of amides is 1. The molecule has 1 atom stereocenters. The fraction of sp³-hybridized carbons (Fsp3) is 0.333. The Kier molecular flexibility index (Phi) is 4.54. The van der Waals surface area contributed by atoms with Gasteiger partial charge < -0.3 is 10.1 Å². The highest BCUT2D eigenvalue weighted by Gasteiger charge is 2.18. The second kappa shape index (κ2) is 5.96. The largest absolute Gasteiger partial charge is 0.359 e. The van der Waals surface area contributed by atoms with Crippen LogP contribution in [0.3, 0.4) is 0 Å². The zero-order valence-electron chi connectivity index (χ0n) is 8.77. The molecule has 0 fully saturated rings. The fourth-order valence-electron chi connectivity index (χ4n) is 1.54. The van der Waals surface area contributed by atoms with Crippen molar-refractivity contribution < 1.29 is 9.59 Å². The van der Waals surface area contributed by atoms with Crippen LogP contribution < -0.4 is 5.32 Å². The van der Waals surface area contributed by atoms with Crippen LogP contribution in [-0.4, -0.2) is 19.2 Å². The lowest BCUT2D eigenvalue weighted by Gasteiger charge is -2.14. The van der Waals surface area contributed by atoms with Crippen molar-refractivity contribution in [1.82, 2.24) is 5.32 Å². The second-order valence-corrected chi connectivity index (χ2v) is 3.32. The van der Waals surface area contributed by atoms with Gasteiger partial charge >= 0.3 is 0 Å². The number of aldehydes is 1. The first-order valence-electron chi connectivity index (χ1n) is 4.99. The van der Waals surface area contributed by atoms with E-state index in [2.05, 4.69) is 5.32 Å². The molecular weight excluding hydrogens is 190 g/mol. The van der Waals surface area contributed by atoms with Gasteiger partial charge in [-0.3, -0.25) is 4.79 Å². The van der Waals surface area contributed by atoms with Crippen LogP contribution in [0, 0.1) is 0 Å². The molecule has 1 unspecified atom stereocenters. The maximum absolute atomic E-state index is 11.6. The minimum atomic E-state index is -0.221. The van der Waals surface area contributed by atoms with E-state index >= 15 is 0 Å². The normalized spacial score (nSPS) is 11.8. The molecule has 3 nitrogen and oxygen atoms in total. The Morgan fingerprint density at radius 3 is 2.60 bits per heavy atom. The molecule has 0 aromatic heterocycles. The summed E-state index contributed by atoms with van der Waals surface area (Å²) in [5, 5.41) is 2.62. The highest BCUT2D eigenvalue weighted by Crippen LogP contribution is 2.20. The van der Waals surface area contributed by atoms with Gasteiger partial charge in [-0.05, 0) is 12.0 Å². The summed E-state index contributed by atoms with van der Waals surface area (Å²) in [4.78, 5) is 21.9. The van der Waals surface area contributed by atoms with Crippen LogP contribution in [0.15, 0.2) is 30.3 Å². The fourth-order valence-corrected chi connectivity index (χ4v) is 1.54. The Morgan fingerprint density at radius 2 is 2.07 bits per heavy atom. The summed E-state index contributed by atoms with van der Waals surface area (Å²) in [6.45, 7) is 0. The summed E-state index contributed by atoms with van der Waals surface area (Å²) < 4.78 is 0. The van der Waals surface area contributed by atoms with E-state index in [1.807, 2.05) is 30.3 Å². The third-order valence-electron chi connectivity index (χ3n) is 2.34. The first kappa shape index (κ1) is 11.4. The number of hydrogen-bond donors (Lipinski definition) is 1. The van der Waals surface area contributed by atoms with Crippen LogP contribution >= 0.6 is 0 Å². The van der Waals surface area contributed by atoms with Crippen LogP contribution in [0.5, 0.6) is 0 Å². The maximum Gasteiger partial charge on any atom is 0.227 e. The minimum Gasteiger partial charge on any atom is -0.359 e. The molecule has 1 aromatic carbocycles. The number of hydrogen-bond acceptors (Lipinski definition) is 2. The third-order valence-corrected chi connectivity index (χ3v) is 2.34. The van der Waals surface area contributed by atoms with Crippen molar-refractivity contribution in [3.63, 3.8) is 0 Å². The number of rotatable bonds is 5. The van der Waals surface area contributed by atoms with Crippen LogP contribution in [0.25, 0.3) is 0 Å². The highest BCUT2D eigenvalue weighted by atomic mass is 16.1. The molecule has 1 amide bonds. The molecule has 0 heterocycles. The summed E-state index contributed by atoms with van der Waals surface area (Å²) in [5.74, 6) is -0.260. The number of carbonyl (C=O) groups is 2. The van der Waals surface area contributed by atoms with Gasteiger partial charge in [0.05, 0.1) is 5.92 Å². The summed E-state index contributed by atoms with van der Waals surface area (Å²) in [7, 11) is 1.61. The topological polar surface area (TPSA) is 46.2 Å². The smallest absolute Gasteiger partial charge is 0.227 e. The first-order chi connectivity index (χ1) is 7.29. The summed E-state index contributed by atoms with van der Waals surface area (Å²) >= 11 is 0. The lowest BCUT2D eigenvalue weighted by molar-refractivity contribution is -0.122. The van der Waals surface area contributed by atoms with Gasteiger partial charge in [-0.15, -0.1) is 0 Å². The Labute approximate surface area is 89.5 Å². The van der Waals surface area contributed by atoms with Crippen LogP contribution in [-0.2, 0) is 9.59 Å². The van der Waals surface area contributed by atoms with Crippen molar-refractivity contribution >= 4 is 12.2 Å². The monoisotopic (exact) mass is 205 g/mol. The number of likely N-dealkylation sites (N-methyl/N-ethyl adjacent to an activating group) is 1. The van der Waals surface area contributed by atoms with E-state index in [-0.39, 0.29) is 11.8 Å². The number of nitrogens with one attached hydrogen (secondary N) is 1. The van der Waals surface area contributed by atoms with Gasteiger partial charge in [-0.25, -0.2) is 0 Å². The average molecular weight is 205 g/mol. The van der Waals surface area contributed by atoms with Gasteiger partial charge in [0.15, 0.2) is 0 Å². The van der Waals surface area contributed by atoms with Crippen molar-refractivity contribution in [2.75, 3.05) is 7.05 Å². The van der Waals surface area contributed by atoms with Gasteiger partial charge in [0, 0.05) is 13.5 Å². The van der Waals surface area contributed by atoms with Gasteiger partial charge in [-0.2, -0.15) is 0 Å². The van der Waals surface area contributed by atoms with Crippen molar-refractivity contribution in [2.24, 2.45) is 0 Å². The van der Waals surface area contributed by atoms with Crippen molar-refractivity contribution in [3.8, 4) is 0 Å². The molecule has 0 saturated carbocycles. The predicted molar refractivity (Wildman–Crippen MR) is 58.5 cm³/mol. The number of carbonyl (C=O) groups excluding carboxylic acids is 2. The molecule has 1 N–H and O–H groups in total. The zero-order valence-corrected chi connectivity index (χ0v) is 8.77. The molecule has 0 spiro atoms. The zero-order chi connectivity index (χ0) is 11.1. The summed E-state index contributed by atoms with van der Waals surface area (Å²) in [6, 6.07) is 9.51.